The summed E-state index contributed by atoms with van der Waals surface area (Å²) in [5.74, 6) is 0. The minimum absolute atomic E-state index is 0. The summed E-state index contributed by atoms with van der Waals surface area (Å²) in [6.07, 6.45) is 10.7. The van der Waals surface area contributed by atoms with Gasteiger partial charge in [-0.1, -0.05) is 48.3 Å². The molecule has 0 aliphatic carbocycles. The molecule has 0 N–H and O–H groups in total. The van der Waals surface area contributed by atoms with Crippen molar-refractivity contribution in [3.63, 3.8) is 0 Å². The average Bonchev–Trinajstić information content (AvgIpc) is 3.36. The average molecular weight is 510 g/mol. The predicted octanol–water partition coefficient (Wildman–Crippen LogP) is 3.85. The van der Waals surface area contributed by atoms with E-state index < -0.39 is 0 Å². The van der Waals surface area contributed by atoms with Crippen LogP contribution in [0.15, 0.2) is 73.3 Å². The Kier molecular flexibility index (Phi) is 8.02. The number of fused-ring (bicyclic) bond motifs is 1. The van der Waals surface area contributed by atoms with Crippen molar-refractivity contribution in [3.8, 4) is 0 Å². The molecule has 4 rings (SSSR count). The first kappa shape index (κ1) is 23.2. The molecule has 0 saturated heterocycles. The zero-order valence-electron chi connectivity index (χ0n) is 17.7. The SMILES string of the molecule is C=CC[n+]1c(/C=C/c2ccc(/C=C/c3ccc(N(C)C)cc3)s2)sc2ccccc21.[Br-]. The lowest BCUT2D eigenvalue weighted by Crippen LogP contribution is -3.00. The molecule has 0 spiro atoms. The van der Waals surface area contributed by atoms with E-state index in [1.165, 1.54) is 36.2 Å². The molecule has 158 valence electrons. The van der Waals surface area contributed by atoms with Gasteiger partial charge in [0.25, 0.3) is 5.01 Å². The number of aromatic nitrogens is 1. The second-order valence-electron chi connectivity index (χ2n) is 7.20. The van der Waals surface area contributed by atoms with E-state index in [4.69, 9.17) is 0 Å². The number of halogens is 1. The van der Waals surface area contributed by atoms with Crippen LogP contribution in [-0.2, 0) is 6.54 Å². The number of thiazole rings is 1. The molecule has 0 amide bonds. The fraction of sp³-hybridized carbons (Fsp3) is 0.115. The highest BCUT2D eigenvalue weighted by Crippen LogP contribution is 2.25. The molecule has 2 heterocycles. The molecule has 0 radical (unpaired) electrons. The third kappa shape index (κ3) is 5.62. The van der Waals surface area contributed by atoms with Crippen molar-refractivity contribution < 1.29 is 21.5 Å². The van der Waals surface area contributed by atoms with Crippen molar-refractivity contribution in [2.45, 2.75) is 6.54 Å². The van der Waals surface area contributed by atoms with E-state index in [2.05, 4.69) is 115 Å². The normalized spacial score (nSPS) is 11.3. The molecule has 2 nitrogen and oxygen atoms in total. The fourth-order valence-corrected chi connectivity index (χ4v) is 5.15. The Balaban J connectivity index is 0.00000272. The zero-order valence-corrected chi connectivity index (χ0v) is 20.9. The van der Waals surface area contributed by atoms with Crippen LogP contribution >= 0.6 is 22.7 Å². The maximum atomic E-state index is 3.92. The zero-order chi connectivity index (χ0) is 20.9. The minimum atomic E-state index is 0. The summed E-state index contributed by atoms with van der Waals surface area (Å²) in [6.45, 7) is 4.73. The monoisotopic (exact) mass is 508 g/mol. The van der Waals surface area contributed by atoms with Crippen LogP contribution in [0.25, 0.3) is 34.5 Å². The van der Waals surface area contributed by atoms with E-state index in [0.717, 1.165) is 6.54 Å². The van der Waals surface area contributed by atoms with Crippen LogP contribution in [0.5, 0.6) is 0 Å². The third-order valence-corrected chi connectivity index (χ3v) is 6.98. The van der Waals surface area contributed by atoms with E-state index in [0.29, 0.717) is 0 Å². The van der Waals surface area contributed by atoms with Crippen LogP contribution in [0.1, 0.15) is 20.3 Å². The third-order valence-electron chi connectivity index (χ3n) is 4.84. The maximum Gasteiger partial charge on any atom is 0.263 e. The Hall–Kier alpha value is -2.47. The van der Waals surface area contributed by atoms with Crippen LogP contribution < -0.4 is 26.4 Å². The lowest BCUT2D eigenvalue weighted by Gasteiger charge is -2.11. The van der Waals surface area contributed by atoms with E-state index in [1.807, 2.05) is 17.4 Å². The Morgan fingerprint density at radius 3 is 2.19 bits per heavy atom. The molecule has 0 atom stereocenters. The molecule has 0 saturated carbocycles. The molecule has 4 aromatic rings. The number of hydrogen-bond donors (Lipinski definition) is 0. The van der Waals surface area contributed by atoms with E-state index in [1.54, 1.807) is 11.3 Å². The number of nitrogens with zero attached hydrogens (tertiary/aromatic N) is 2. The highest BCUT2D eigenvalue weighted by Gasteiger charge is 2.16. The van der Waals surface area contributed by atoms with Gasteiger partial charge >= 0.3 is 0 Å². The van der Waals surface area contributed by atoms with E-state index in [-0.39, 0.29) is 17.0 Å². The summed E-state index contributed by atoms with van der Waals surface area (Å²) in [5, 5.41) is 1.24. The number of para-hydroxylation sites is 1. The lowest BCUT2D eigenvalue weighted by molar-refractivity contribution is -0.658. The van der Waals surface area contributed by atoms with Crippen LogP contribution in [0.4, 0.5) is 5.69 Å². The second kappa shape index (κ2) is 10.7. The Morgan fingerprint density at radius 1 is 0.839 bits per heavy atom. The molecule has 0 aliphatic rings. The lowest BCUT2D eigenvalue weighted by atomic mass is 10.2. The van der Waals surface area contributed by atoms with Gasteiger partial charge in [0.15, 0.2) is 6.54 Å². The summed E-state index contributed by atoms with van der Waals surface area (Å²) in [4.78, 5) is 4.61. The molecular weight excluding hydrogens is 484 g/mol. The predicted molar refractivity (Wildman–Crippen MR) is 135 cm³/mol. The summed E-state index contributed by atoms with van der Waals surface area (Å²) in [7, 11) is 4.12. The Morgan fingerprint density at radius 2 is 1.52 bits per heavy atom. The van der Waals surface area contributed by atoms with Crippen LogP contribution in [-0.4, -0.2) is 14.1 Å². The van der Waals surface area contributed by atoms with Gasteiger partial charge < -0.3 is 21.9 Å². The number of allylic oxidation sites excluding steroid dienone is 1. The Labute approximate surface area is 202 Å². The molecule has 31 heavy (non-hydrogen) atoms. The van der Waals surface area contributed by atoms with Crippen molar-refractivity contribution in [1.29, 1.82) is 0 Å². The second-order valence-corrected chi connectivity index (χ2v) is 9.41. The summed E-state index contributed by atoms with van der Waals surface area (Å²) in [5.41, 5.74) is 3.68. The molecule has 2 aromatic heterocycles. The molecule has 0 fully saturated rings. The molecule has 2 aromatic carbocycles. The first-order chi connectivity index (χ1) is 14.6. The van der Waals surface area contributed by atoms with Crippen LogP contribution in [0, 0.1) is 0 Å². The Bertz CT molecular complexity index is 1210. The standard InChI is InChI=1S/C26H25N2S2.BrH/c1-4-19-28-24-7-5-6-8-25(24)30-26(28)18-17-23-16-15-22(29-23)14-11-20-9-12-21(13-10-20)27(2)3;/h4-18H,1,19H2,2-3H3;1H/q+1;/p-1. The highest BCUT2D eigenvalue weighted by atomic mass is 79.9. The van der Waals surface area contributed by atoms with Gasteiger partial charge in [0, 0.05) is 41.7 Å². The number of anilines is 1. The first-order valence-electron chi connectivity index (χ1n) is 9.90. The molecular formula is C26H25BrN2S2. The number of rotatable bonds is 7. The molecule has 0 bridgehead atoms. The number of benzene rings is 2. The summed E-state index contributed by atoms with van der Waals surface area (Å²) in [6, 6.07) is 21.5. The van der Waals surface area contributed by atoms with Crippen LogP contribution in [0.3, 0.4) is 0 Å². The van der Waals surface area contributed by atoms with Gasteiger partial charge in [0.05, 0.1) is 0 Å². The van der Waals surface area contributed by atoms with Crippen molar-refractivity contribution in [2.24, 2.45) is 0 Å². The molecule has 0 aliphatic heterocycles. The molecule has 5 heteroatoms. The van der Waals surface area contributed by atoms with E-state index in [9.17, 15) is 0 Å². The van der Waals surface area contributed by atoms with Crippen molar-refractivity contribution in [2.75, 3.05) is 19.0 Å². The van der Waals surface area contributed by atoms with Gasteiger partial charge in [0.1, 0.15) is 4.70 Å². The highest BCUT2D eigenvalue weighted by molar-refractivity contribution is 7.19. The quantitative estimate of drug-likeness (QED) is 0.271. The molecule has 0 unspecified atom stereocenters. The number of thiophene rings is 1. The topological polar surface area (TPSA) is 7.12 Å². The minimum Gasteiger partial charge on any atom is -1.00 e. The largest absolute Gasteiger partial charge is 1.00 e. The summed E-state index contributed by atoms with van der Waals surface area (Å²) >= 11 is 3.61. The van der Waals surface area contributed by atoms with Gasteiger partial charge in [-0.15, -0.1) is 11.3 Å². The van der Waals surface area contributed by atoms with Gasteiger partial charge in [-0.25, -0.2) is 0 Å². The fourth-order valence-electron chi connectivity index (χ4n) is 3.26. The van der Waals surface area contributed by atoms with Gasteiger partial charge in [-0.2, -0.15) is 4.57 Å². The smallest absolute Gasteiger partial charge is 0.263 e. The van der Waals surface area contributed by atoms with Crippen molar-refractivity contribution in [1.82, 2.24) is 0 Å². The van der Waals surface area contributed by atoms with Crippen LogP contribution in [0.2, 0.25) is 0 Å². The summed E-state index contributed by atoms with van der Waals surface area (Å²) < 4.78 is 3.61. The van der Waals surface area contributed by atoms with Crippen molar-refractivity contribution in [3.05, 3.63) is 93.6 Å². The van der Waals surface area contributed by atoms with Gasteiger partial charge in [0.2, 0.25) is 5.52 Å². The number of hydrogen-bond acceptors (Lipinski definition) is 3. The van der Waals surface area contributed by atoms with E-state index >= 15 is 0 Å². The first-order valence-corrected chi connectivity index (χ1v) is 11.5. The van der Waals surface area contributed by atoms with Gasteiger partial charge in [-0.3, -0.25) is 0 Å². The van der Waals surface area contributed by atoms with Gasteiger partial charge in [-0.05, 0) is 54.1 Å². The van der Waals surface area contributed by atoms with Crippen molar-refractivity contribution >= 4 is 62.9 Å². The maximum absolute atomic E-state index is 3.92.